The lowest BCUT2D eigenvalue weighted by atomic mass is 9.45. The molecule has 12 atom stereocenters. The maximum Gasteiger partial charge on any atom is 0.407 e. The zero-order valence-electron chi connectivity index (χ0n) is 41.6. The number of carbonyl (C=O) groups is 4. The van der Waals surface area contributed by atoms with Crippen molar-refractivity contribution in [2.75, 3.05) is 6.61 Å². The van der Waals surface area contributed by atoms with Gasteiger partial charge in [0.05, 0.1) is 30.3 Å². The van der Waals surface area contributed by atoms with E-state index in [1.807, 2.05) is 48.5 Å². The highest BCUT2D eigenvalue weighted by molar-refractivity contribution is 6.77. The highest BCUT2D eigenvalue weighted by Gasteiger charge is 2.77. The first-order valence-corrected chi connectivity index (χ1v) is 25.8. The van der Waals surface area contributed by atoms with Gasteiger partial charge < -0.3 is 48.0 Å². The topological polar surface area (TPSA) is 174 Å². The van der Waals surface area contributed by atoms with E-state index in [2.05, 4.69) is 11.9 Å². The average Bonchev–Trinajstić information content (AvgIpc) is 3.64. The molecule has 6 rings (SSSR count). The second-order valence-electron chi connectivity index (χ2n) is 21.4. The number of esters is 3. The number of rotatable bonds is 15. The molecule has 17 heteroatoms. The Bertz CT molecular complexity index is 2050. The number of ether oxygens (including phenoxy) is 7. The zero-order valence-corrected chi connectivity index (χ0v) is 42.6. The fraction of sp³-hybridized carbons (Fsp3) is 0.720. The molecule has 2 saturated heterocycles. The molecule has 0 radical (unpaired) electrons. The van der Waals surface area contributed by atoms with Crippen molar-refractivity contribution >= 4 is 32.3 Å². The van der Waals surface area contributed by atoms with Gasteiger partial charge in [-0.05, 0) is 79.6 Å². The summed E-state index contributed by atoms with van der Waals surface area (Å²) in [4.78, 5) is 56.2. The average molecular weight is 962 g/mol. The Morgan fingerprint density at radius 3 is 2.09 bits per heavy atom. The van der Waals surface area contributed by atoms with Gasteiger partial charge in [-0.1, -0.05) is 87.1 Å². The summed E-state index contributed by atoms with van der Waals surface area (Å²) in [7, 11) is -3.23. The van der Waals surface area contributed by atoms with Crippen LogP contribution in [0.3, 0.4) is 0 Å². The quantitative estimate of drug-likeness (QED) is 0.0740. The van der Waals surface area contributed by atoms with Crippen LogP contribution in [-0.4, -0.2) is 116 Å². The van der Waals surface area contributed by atoms with Crippen LogP contribution in [0.4, 0.5) is 13.6 Å². The lowest BCUT2D eigenvalue weighted by Crippen LogP contribution is -2.79. The number of alkyl carbamates (subject to hydrolysis) is 1. The minimum Gasteiger partial charge on any atom is -0.456 e. The van der Waals surface area contributed by atoms with Crippen LogP contribution in [0.25, 0.3) is 0 Å². The van der Waals surface area contributed by atoms with Crippen molar-refractivity contribution in [1.29, 1.82) is 0 Å². The number of halogens is 2. The van der Waals surface area contributed by atoms with Crippen LogP contribution < -0.4 is 5.32 Å². The van der Waals surface area contributed by atoms with E-state index in [0.29, 0.717) is 30.9 Å². The fourth-order valence-electron chi connectivity index (χ4n) is 12.7. The SMILES string of the molecule is C=C[C@@H]1O[C@@H]2C3=C(C)[C@@H](OC(=O)[C@H](O[Si](C(C)C)(C(C)C)C(C)C)[C@@H](NC(=O)OC(C)C)C(C)(F)F)C[C@@](O)([C@@H](OC(=O)c4ccccc4)[C@H]4[C@@](C)(CC[C@H]5OC[C@]54OC(C)=O)[C@@H]2O1)C3(C)C. The van der Waals surface area contributed by atoms with Crippen LogP contribution in [0.5, 0.6) is 0 Å². The summed E-state index contributed by atoms with van der Waals surface area (Å²) in [6.07, 6.45) is -8.28. The number of benzene rings is 1. The second kappa shape index (κ2) is 18.9. The number of amides is 1. The molecule has 0 aromatic heterocycles. The van der Waals surface area contributed by atoms with Gasteiger partial charge in [-0.2, -0.15) is 0 Å². The Morgan fingerprint density at radius 1 is 0.970 bits per heavy atom. The van der Waals surface area contributed by atoms with Crippen LogP contribution in [0.15, 0.2) is 54.1 Å². The molecule has 1 aromatic carbocycles. The monoisotopic (exact) mass is 961 g/mol. The summed E-state index contributed by atoms with van der Waals surface area (Å²) in [5.74, 6) is -7.38. The van der Waals surface area contributed by atoms with Gasteiger partial charge in [0.15, 0.2) is 18.0 Å². The van der Waals surface area contributed by atoms with Gasteiger partial charge in [0.2, 0.25) is 8.32 Å². The van der Waals surface area contributed by atoms with E-state index < -0.39 is 128 Å². The van der Waals surface area contributed by atoms with Crippen molar-refractivity contribution in [1.82, 2.24) is 5.32 Å². The van der Waals surface area contributed by atoms with Crippen LogP contribution in [0.1, 0.15) is 127 Å². The Labute approximate surface area is 395 Å². The van der Waals surface area contributed by atoms with E-state index in [1.54, 1.807) is 65.0 Å². The number of fused-ring (bicyclic) bond motifs is 8. The Morgan fingerprint density at radius 2 is 1.58 bits per heavy atom. The molecule has 1 amide bonds. The van der Waals surface area contributed by atoms with Crippen LogP contribution >= 0.6 is 0 Å². The van der Waals surface area contributed by atoms with Crippen molar-refractivity contribution in [3.05, 3.63) is 59.7 Å². The van der Waals surface area contributed by atoms with E-state index >= 15 is 13.6 Å². The summed E-state index contributed by atoms with van der Waals surface area (Å²) in [5, 5.41) is 16.3. The minimum absolute atomic E-state index is 0.0816. The van der Waals surface area contributed by atoms with Gasteiger partial charge in [-0.15, -0.1) is 0 Å². The summed E-state index contributed by atoms with van der Waals surface area (Å²) >= 11 is 0. The molecule has 2 bridgehead atoms. The molecule has 14 nitrogen and oxygen atoms in total. The molecule has 1 aromatic rings. The Hall–Kier alpha value is -3.74. The summed E-state index contributed by atoms with van der Waals surface area (Å²) < 4.78 is 83.6. The fourth-order valence-corrected chi connectivity index (χ4v) is 18.2. The molecule has 67 heavy (non-hydrogen) atoms. The van der Waals surface area contributed by atoms with E-state index in [1.165, 1.54) is 13.0 Å². The largest absolute Gasteiger partial charge is 0.456 e. The Balaban J connectivity index is 1.59. The molecule has 4 fully saturated rings. The first-order chi connectivity index (χ1) is 31.0. The minimum atomic E-state index is -3.76. The number of nitrogens with one attached hydrogen (secondary N) is 1. The number of hydrogen-bond donors (Lipinski definition) is 2. The molecule has 5 aliphatic rings. The number of carbonyl (C=O) groups excluding carboxylic acids is 4. The van der Waals surface area contributed by atoms with E-state index in [9.17, 15) is 19.5 Å². The third-order valence-corrected chi connectivity index (χ3v) is 21.8. The van der Waals surface area contributed by atoms with E-state index in [0.717, 1.165) is 0 Å². The molecule has 2 aliphatic heterocycles. The highest BCUT2D eigenvalue weighted by Crippen LogP contribution is 2.67. The third-order valence-electron chi connectivity index (χ3n) is 15.7. The smallest absolute Gasteiger partial charge is 0.407 e. The third kappa shape index (κ3) is 9.03. The molecule has 0 unspecified atom stereocenters. The van der Waals surface area contributed by atoms with Gasteiger partial charge in [0.25, 0.3) is 5.92 Å². The first-order valence-electron chi connectivity index (χ1n) is 23.7. The molecule has 3 aliphatic carbocycles. The predicted molar refractivity (Wildman–Crippen MR) is 245 cm³/mol. The van der Waals surface area contributed by atoms with Gasteiger partial charge in [0, 0.05) is 31.1 Å². The molecular formula is C50H73F2NO13Si. The van der Waals surface area contributed by atoms with Crippen molar-refractivity contribution in [3.63, 3.8) is 0 Å². The molecule has 0 spiro atoms. The standard InChI is InChI=1S/C50H73F2NO13Si/c1-16-35-62-37-36-30(10)33(61-44(56)38(66-67(27(4)5,28(6)7)29(8)9)40(48(15,51)52)53-45(57)60-26(2)3)24-50(58,46(36,12)13)42(64-43(55)32-20-18-17-19-21-32)39-47(14,41(37)63-35)23-22-34-49(39,25-59-34)65-31(11)54/h16-21,26-29,33-35,37-42,58H,1,22-25H2,2-15H3,(H,53,57)/t33-,34+,35+,37+,38+,39-,40+,41+,42-,47+,49-,50+/m0/s1. The maximum absolute atomic E-state index is 16.2. The van der Waals surface area contributed by atoms with Crippen LogP contribution in [0, 0.1) is 16.7 Å². The Kier molecular flexibility index (Phi) is 14.8. The number of alkyl halides is 2. The van der Waals surface area contributed by atoms with Crippen LogP contribution in [0.2, 0.25) is 16.6 Å². The maximum atomic E-state index is 16.2. The van der Waals surface area contributed by atoms with Crippen molar-refractivity contribution in [3.8, 4) is 0 Å². The molecule has 2 heterocycles. The molecule has 2 N–H and O–H groups in total. The van der Waals surface area contributed by atoms with Gasteiger partial charge in [-0.25, -0.2) is 23.2 Å². The van der Waals surface area contributed by atoms with E-state index in [4.69, 9.17) is 37.6 Å². The lowest BCUT2D eigenvalue weighted by molar-refractivity contribution is -0.345. The van der Waals surface area contributed by atoms with Crippen molar-refractivity contribution < 1.29 is 70.6 Å². The van der Waals surface area contributed by atoms with E-state index in [-0.39, 0.29) is 28.8 Å². The molecule has 2 saturated carbocycles. The van der Waals surface area contributed by atoms with Gasteiger partial charge >= 0.3 is 24.0 Å². The normalized spacial score (nSPS) is 33.3. The first kappa shape index (κ1) is 52.6. The summed E-state index contributed by atoms with van der Waals surface area (Å²) in [6.45, 7) is 27.7. The molecule has 374 valence electrons. The molecular weight excluding hydrogens is 889 g/mol. The van der Waals surface area contributed by atoms with Gasteiger partial charge in [0.1, 0.15) is 36.1 Å². The van der Waals surface area contributed by atoms with Crippen molar-refractivity contribution in [2.45, 2.75) is 205 Å². The van der Waals surface area contributed by atoms with Crippen molar-refractivity contribution in [2.24, 2.45) is 16.7 Å². The predicted octanol–water partition coefficient (Wildman–Crippen LogP) is 8.75. The summed E-state index contributed by atoms with van der Waals surface area (Å²) in [5.41, 5.74) is -5.49. The second-order valence-corrected chi connectivity index (χ2v) is 26.9. The summed E-state index contributed by atoms with van der Waals surface area (Å²) in [6, 6.07) is 6.00. The number of aliphatic hydroxyl groups is 1. The lowest BCUT2D eigenvalue weighted by Gasteiger charge is -2.68. The number of hydrogen-bond acceptors (Lipinski definition) is 13. The van der Waals surface area contributed by atoms with Crippen LogP contribution in [-0.2, 0) is 47.2 Å². The zero-order chi connectivity index (χ0) is 50.0. The highest BCUT2D eigenvalue weighted by atomic mass is 28.4. The van der Waals surface area contributed by atoms with Gasteiger partial charge in [-0.3, -0.25) is 4.79 Å².